The van der Waals surface area contributed by atoms with Crippen molar-refractivity contribution in [2.24, 2.45) is 5.92 Å². The molecule has 0 spiro atoms. The Hall–Kier alpha value is -1.85. The maximum Gasteiger partial charge on any atom is 0.257 e. The summed E-state index contributed by atoms with van der Waals surface area (Å²) >= 11 is 0. The summed E-state index contributed by atoms with van der Waals surface area (Å²) in [6.07, 6.45) is 3.34. The number of rotatable bonds is 4. The minimum atomic E-state index is -0.414. The predicted molar refractivity (Wildman–Crippen MR) is 84.5 cm³/mol. The Kier molecular flexibility index (Phi) is 4.88. The number of hydrogen-bond donors (Lipinski definition) is 0. The van der Waals surface area contributed by atoms with Crippen LogP contribution in [-0.2, 0) is 4.79 Å². The molecule has 0 aromatic carbocycles. The van der Waals surface area contributed by atoms with Gasteiger partial charge in [0.2, 0.25) is 5.91 Å². The van der Waals surface area contributed by atoms with Crippen LogP contribution in [0.5, 0.6) is 0 Å². The first-order valence-corrected chi connectivity index (χ1v) is 7.95. The molecule has 2 amide bonds. The van der Waals surface area contributed by atoms with Crippen LogP contribution in [0.2, 0.25) is 0 Å². The fraction of sp³-hybridized carbons (Fsp3) is 0.688. The molecule has 2 heterocycles. The van der Waals surface area contributed by atoms with Gasteiger partial charge in [-0.05, 0) is 26.7 Å². The smallest absolute Gasteiger partial charge is 0.257 e. The molecular weight excluding hydrogens is 280 g/mol. The summed E-state index contributed by atoms with van der Waals surface area (Å²) in [7, 11) is 0. The Bertz CT molecular complexity index is 550. The summed E-state index contributed by atoms with van der Waals surface area (Å²) in [5, 5.41) is 4.20. The van der Waals surface area contributed by atoms with Crippen LogP contribution in [-0.4, -0.2) is 57.1 Å². The van der Waals surface area contributed by atoms with E-state index < -0.39 is 6.04 Å². The van der Waals surface area contributed by atoms with E-state index >= 15 is 0 Å². The zero-order chi connectivity index (χ0) is 16.4. The Labute approximate surface area is 132 Å². The predicted octanol–water partition coefficient (Wildman–Crippen LogP) is 1.79. The summed E-state index contributed by atoms with van der Waals surface area (Å²) in [5.41, 5.74) is 0.547. The first-order valence-electron chi connectivity index (χ1n) is 7.95. The van der Waals surface area contributed by atoms with E-state index in [1.807, 2.05) is 18.7 Å². The Morgan fingerprint density at radius 2 is 2.00 bits per heavy atom. The van der Waals surface area contributed by atoms with Gasteiger partial charge < -0.3 is 9.80 Å². The van der Waals surface area contributed by atoms with E-state index in [-0.39, 0.29) is 17.9 Å². The van der Waals surface area contributed by atoms with E-state index in [0.29, 0.717) is 24.6 Å². The summed E-state index contributed by atoms with van der Waals surface area (Å²) in [6, 6.07) is -0.203. The molecule has 6 nitrogen and oxygen atoms in total. The minimum absolute atomic E-state index is 0.0320. The number of aromatic nitrogens is 2. The highest BCUT2D eigenvalue weighted by atomic mass is 16.2. The maximum absolute atomic E-state index is 12.6. The van der Waals surface area contributed by atoms with Gasteiger partial charge >= 0.3 is 0 Å². The van der Waals surface area contributed by atoms with Crippen molar-refractivity contribution in [1.82, 2.24) is 19.6 Å². The Balaban J connectivity index is 2.09. The molecule has 22 heavy (non-hydrogen) atoms. The van der Waals surface area contributed by atoms with Crippen LogP contribution >= 0.6 is 0 Å². The highest BCUT2D eigenvalue weighted by Gasteiger charge is 2.35. The second kappa shape index (κ2) is 6.50. The highest BCUT2D eigenvalue weighted by Crippen LogP contribution is 2.17. The Morgan fingerprint density at radius 1 is 1.32 bits per heavy atom. The van der Waals surface area contributed by atoms with Crippen molar-refractivity contribution in [1.29, 1.82) is 0 Å². The topological polar surface area (TPSA) is 58.4 Å². The average molecular weight is 306 g/mol. The molecular formula is C16H26N4O2. The van der Waals surface area contributed by atoms with Gasteiger partial charge in [-0.2, -0.15) is 5.10 Å². The second-order valence-electron chi connectivity index (χ2n) is 6.66. The zero-order valence-electron chi connectivity index (χ0n) is 14.1. The van der Waals surface area contributed by atoms with Crippen LogP contribution in [0, 0.1) is 5.92 Å². The summed E-state index contributed by atoms with van der Waals surface area (Å²) in [6.45, 7) is 11.9. The maximum atomic E-state index is 12.6. The lowest BCUT2D eigenvalue weighted by atomic mass is 10.1. The van der Waals surface area contributed by atoms with Crippen LogP contribution in [0.15, 0.2) is 12.4 Å². The van der Waals surface area contributed by atoms with Crippen molar-refractivity contribution in [3.8, 4) is 0 Å². The van der Waals surface area contributed by atoms with E-state index in [0.717, 1.165) is 6.54 Å². The second-order valence-corrected chi connectivity index (χ2v) is 6.66. The standard InChI is InChI=1S/C16H26N4O2/c1-11(2)9-18-6-7-19(13(5)15(18)21)16(22)14-8-17-20(10-14)12(3)4/h8,10-13H,6-7,9H2,1-5H3. The molecule has 0 radical (unpaired) electrons. The first-order chi connectivity index (χ1) is 10.3. The van der Waals surface area contributed by atoms with E-state index in [2.05, 4.69) is 18.9 Å². The third kappa shape index (κ3) is 3.31. The van der Waals surface area contributed by atoms with Gasteiger partial charge in [0.1, 0.15) is 6.04 Å². The number of hydrogen-bond acceptors (Lipinski definition) is 3. The molecule has 1 fully saturated rings. The molecule has 0 aliphatic carbocycles. The molecule has 0 bridgehead atoms. The van der Waals surface area contributed by atoms with Gasteiger partial charge in [0.15, 0.2) is 0 Å². The number of nitrogens with zero attached hydrogens (tertiary/aromatic N) is 4. The molecule has 122 valence electrons. The van der Waals surface area contributed by atoms with Crippen molar-refractivity contribution in [2.75, 3.05) is 19.6 Å². The summed E-state index contributed by atoms with van der Waals surface area (Å²) in [4.78, 5) is 28.6. The van der Waals surface area contributed by atoms with Gasteiger partial charge in [0.05, 0.1) is 11.8 Å². The molecule has 1 aliphatic heterocycles. The van der Waals surface area contributed by atoms with Crippen molar-refractivity contribution in [3.63, 3.8) is 0 Å². The lowest BCUT2D eigenvalue weighted by Gasteiger charge is -2.39. The number of amides is 2. The van der Waals surface area contributed by atoms with Crippen molar-refractivity contribution < 1.29 is 9.59 Å². The fourth-order valence-electron chi connectivity index (χ4n) is 2.73. The zero-order valence-corrected chi connectivity index (χ0v) is 14.1. The van der Waals surface area contributed by atoms with Gasteiger partial charge in [-0.15, -0.1) is 0 Å². The van der Waals surface area contributed by atoms with Gasteiger partial charge in [0, 0.05) is 31.9 Å². The molecule has 2 rings (SSSR count). The molecule has 1 aromatic heterocycles. The van der Waals surface area contributed by atoms with Gasteiger partial charge in [0.25, 0.3) is 5.91 Å². The highest BCUT2D eigenvalue weighted by molar-refractivity contribution is 5.97. The normalized spacial score (nSPS) is 19.4. The summed E-state index contributed by atoms with van der Waals surface area (Å²) < 4.78 is 1.76. The van der Waals surface area contributed by atoms with E-state index in [1.165, 1.54) is 0 Å². The molecule has 1 aromatic rings. The lowest BCUT2D eigenvalue weighted by Crippen LogP contribution is -2.58. The SMILES string of the molecule is CC(C)CN1CCN(C(=O)c2cnn(C(C)C)c2)C(C)C1=O. The third-order valence-electron chi connectivity index (χ3n) is 3.97. The number of piperazine rings is 1. The van der Waals surface area contributed by atoms with Gasteiger partial charge in [-0.3, -0.25) is 14.3 Å². The molecule has 0 saturated carbocycles. The molecule has 0 N–H and O–H groups in total. The van der Waals surface area contributed by atoms with Crippen LogP contribution in [0.4, 0.5) is 0 Å². The van der Waals surface area contributed by atoms with Crippen molar-refractivity contribution in [3.05, 3.63) is 18.0 Å². The molecule has 1 unspecified atom stereocenters. The average Bonchev–Trinajstić information content (AvgIpc) is 2.93. The van der Waals surface area contributed by atoms with Gasteiger partial charge in [-0.25, -0.2) is 0 Å². The molecule has 1 atom stereocenters. The quantitative estimate of drug-likeness (QED) is 0.852. The van der Waals surface area contributed by atoms with Gasteiger partial charge in [-0.1, -0.05) is 13.8 Å². The van der Waals surface area contributed by atoms with Crippen LogP contribution in [0.3, 0.4) is 0 Å². The third-order valence-corrected chi connectivity index (χ3v) is 3.97. The number of carbonyl (C=O) groups excluding carboxylic acids is 2. The van der Waals surface area contributed by atoms with E-state index in [9.17, 15) is 9.59 Å². The lowest BCUT2D eigenvalue weighted by molar-refractivity contribution is -0.140. The van der Waals surface area contributed by atoms with E-state index in [1.54, 1.807) is 28.9 Å². The minimum Gasteiger partial charge on any atom is -0.339 e. The summed E-state index contributed by atoms with van der Waals surface area (Å²) in [5.74, 6) is 0.351. The van der Waals surface area contributed by atoms with Crippen LogP contribution in [0.25, 0.3) is 0 Å². The van der Waals surface area contributed by atoms with Crippen LogP contribution < -0.4 is 0 Å². The molecule has 1 aliphatic rings. The molecule has 6 heteroatoms. The monoisotopic (exact) mass is 306 g/mol. The Morgan fingerprint density at radius 3 is 2.55 bits per heavy atom. The van der Waals surface area contributed by atoms with E-state index in [4.69, 9.17) is 0 Å². The van der Waals surface area contributed by atoms with Crippen LogP contribution in [0.1, 0.15) is 51.0 Å². The number of carbonyl (C=O) groups is 2. The fourth-order valence-corrected chi connectivity index (χ4v) is 2.73. The molecule has 1 saturated heterocycles. The largest absolute Gasteiger partial charge is 0.339 e. The van der Waals surface area contributed by atoms with Crippen molar-refractivity contribution >= 4 is 11.8 Å². The first kappa shape index (κ1) is 16.5. The van der Waals surface area contributed by atoms with Crippen molar-refractivity contribution in [2.45, 2.75) is 46.7 Å².